The highest BCUT2D eigenvalue weighted by molar-refractivity contribution is 7.99. The van der Waals surface area contributed by atoms with E-state index >= 15 is 0 Å². The summed E-state index contributed by atoms with van der Waals surface area (Å²) in [5.41, 5.74) is 3.32. The number of rotatable bonds is 2. The Bertz CT molecular complexity index is 637. The number of hydrogen-bond acceptors (Lipinski definition) is 4. The third kappa shape index (κ3) is 2.39. The monoisotopic (exact) mass is 258 g/mol. The van der Waals surface area contributed by atoms with Gasteiger partial charge in [0.25, 0.3) is 0 Å². The summed E-state index contributed by atoms with van der Waals surface area (Å²) in [5, 5.41) is 14.5. The van der Waals surface area contributed by atoms with Gasteiger partial charge in [0.1, 0.15) is 6.07 Å². The van der Waals surface area contributed by atoms with Crippen LogP contribution < -0.4 is 0 Å². The zero-order valence-corrected chi connectivity index (χ0v) is 11.7. The Kier molecular flexibility index (Phi) is 3.39. The van der Waals surface area contributed by atoms with E-state index < -0.39 is 0 Å². The Hall–Kier alpha value is -1.80. The number of nitriles is 1. The van der Waals surface area contributed by atoms with Crippen LogP contribution >= 0.6 is 11.8 Å². The number of hydrogen-bond donors (Lipinski definition) is 0. The quantitative estimate of drug-likeness (QED) is 0.831. The molecule has 0 radical (unpaired) electrons. The maximum atomic E-state index is 9.22. The second kappa shape index (κ2) is 4.83. The molecule has 0 saturated heterocycles. The molecule has 0 aliphatic carbocycles. The molecule has 2 aromatic rings. The first-order chi connectivity index (χ1) is 8.51. The van der Waals surface area contributed by atoms with Crippen molar-refractivity contribution in [1.29, 1.82) is 5.26 Å². The molecule has 0 aliphatic heterocycles. The lowest BCUT2D eigenvalue weighted by atomic mass is 10.2. The Morgan fingerprint density at radius 2 is 1.94 bits per heavy atom. The zero-order chi connectivity index (χ0) is 13.3. The van der Waals surface area contributed by atoms with Gasteiger partial charge in [0.15, 0.2) is 0 Å². The highest BCUT2D eigenvalue weighted by Crippen LogP contribution is 2.31. The molecule has 0 unspecified atom stereocenters. The first kappa shape index (κ1) is 12.7. The molecule has 0 spiro atoms. The van der Waals surface area contributed by atoms with Gasteiger partial charge in [-0.15, -0.1) is 0 Å². The minimum atomic E-state index is 0.643. The molecule has 92 valence electrons. The lowest BCUT2D eigenvalue weighted by molar-refractivity contribution is 0.692. The van der Waals surface area contributed by atoms with Crippen molar-refractivity contribution < 1.29 is 0 Å². The van der Waals surface area contributed by atoms with Gasteiger partial charge >= 0.3 is 0 Å². The predicted octanol–water partition coefficient (Wildman–Crippen LogP) is 2.76. The van der Waals surface area contributed by atoms with Crippen molar-refractivity contribution in [2.24, 2.45) is 7.05 Å². The van der Waals surface area contributed by atoms with Crippen LogP contribution in [0.1, 0.15) is 22.6 Å². The average Bonchev–Trinajstić information content (AvgIpc) is 2.57. The molecule has 0 bridgehead atoms. The third-order valence-corrected chi connectivity index (χ3v) is 3.71. The van der Waals surface area contributed by atoms with E-state index in [0.29, 0.717) is 5.56 Å². The minimum Gasteiger partial charge on any atom is -0.262 e. The molecule has 0 fully saturated rings. The van der Waals surface area contributed by atoms with Crippen LogP contribution in [0.25, 0.3) is 0 Å². The van der Waals surface area contributed by atoms with Crippen molar-refractivity contribution in [3.63, 3.8) is 0 Å². The number of aromatic nitrogens is 3. The number of pyridine rings is 1. The molecule has 0 amide bonds. The lowest BCUT2D eigenvalue weighted by Crippen LogP contribution is -1.96. The maximum Gasteiger partial charge on any atom is 0.102 e. The van der Waals surface area contributed by atoms with Crippen molar-refractivity contribution in [3.05, 3.63) is 34.8 Å². The van der Waals surface area contributed by atoms with Crippen molar-refractivity contribution in [3.8, 4) is 6.07 Å². The average molecular weight is 258 g/mol. The topological polar surface area (TPSA) is 54.5 Å². The molecule has 2 rings (SSSR count). The van der Waals surface area contributed by atoms with Crippen LogP contribution in [0.5, 0.6) is 0 Å². The standard InChI is InChI=1S/C13H14N4S/c1-8-5-12(11(7-14)10(3)15-8)18-13-6-9(2)16-17(13)4/h5-6H,1-4H3. The van der Waals surface area contributed by atoms with Crippen LogP contribution in [0.15, 0.2) is 22.1 Å². The normalized spacial score (nSPS) is 10.4. The fourth-order valence-corrected chi connectivity index (χ4v) is 2.96. The number of nitrogens with zero attached hydrogens (tertiary/aromatic N) is 4. The van der Waals surface area contributed by atoms with Gasteiger partial charge in [0, 0.05) is 17.6 Å². The molecular weight excluding hydrogens is 244 g/mol. The summed E-state index contributed by atoms with van der Waals surface area (Å²) < 4.78 is 1.83. The smallest absolute Gasteiger partial charge is 0.102 e. The van der Waals surface area contributed by atoms with Gasteiger partial charge < -0.3 is 0 Å². The number of aryl methyl sites for hydroxylation is 4. The van der Waals surface area contributed by atoms with E-state index in [1.54, 1.807) is 11.8 Å². The fourth-order valence-electron chi connectivity index (χ4n) is 1.80. The van der Waals surface area contributed by atoms with E-state index in [-0.39, 0.29) is 0 Å². The summed E-state index contributed by atoms with van der Waals surface area (Å²) in [7, 11) is 1.91. The molecular formula is C13H14N4S. The van der Waals surface area contributed by atoms with E-state index in [1.165, 1.54) is 0 Å². The summed E-state index contributed by atoms with van der Waals surface area (Å²) in [4.78, 5) is 5.25. The predicted molar refractivity (Wildman–Crippen MR) is 70.5 cm³/mol. The van der Waals surface area contributed by atoms with Gasteiger partial charge in [-0.25, -0.2) is 0 Å². The van der Waals surface area contributed by atoms with E-state index in [9.17, 15) is 5.26 Å². The first-order valence-electron chi connectivity index (χ1n) is 5.58. The molecule has 0 atom stereocenters. The Labute approximate surface area is 111 Å². The van der Waals surface area contributed by atoms with Crippen LogP contribution in [0.3, 0.4) is 0 Å². The maximum absolute atomic E-state index is 9.22. The van der Waals surface area contributed by atoms with Crippen LogP contribution in [0.4, 0.5) is 0 Å². The van der Waals surface area contributed by atoms with Crippen LogP contribution in [-0.4, -0.2) is 14.8 Å². The van der Waals surface area contributed by atoms with Crippen molar-refractivity contribution in [2.45, 2.75) is 30.7 Å². The highest BCUT2D eigenvalue weighted by Gasteiger charge is 2.12. The van der Waals surface area contributed by atoms with Crippen molar-refractivity contribution in [2.75, 3.05) is 0 Å². The molecule has 2 heterocycles. The summed E-state index contributed by atoms with van der Waals surface area (Å²) in [6, 6.07) is 6.18. The van der Waals surface area contributed by atoms with Gasteiger partial charge in [-0.2, -0.15) is 10.4 Å². The zero-order valence-electron chi connectivity index (χ0n) is 10.9. The van der Waals surface area contributed by atoms with Crippen molar-refractivity contribution in [1.82, 2.24) is 14.8 Å². The Balaban J connectivity index is 2.46. The SMILES string of the molecule is Cc1cc(Sc2cc(C)nn2C)c(C#N)c(C)n1. The van der Waals surface area contributed by atoms with Crippen LogP contribution in [0.2, 0.25) is 0 Å². The third-order valence-electron chi connectivity index (χ3n) is 2.58. The van der Waals surface area contributed by atoms with Gasteiger partial charge in [-0.3, -0.25) is 9.67 Å². The van der Waals surface area contributed by atoms with Crippen molar-refractivity contribution >= 4 is 11.8 Å². The molecule has 4 nitrogen and oxygen atoms in total. The fraction of sp³-hybridized carbons (Fsp3) is 0.308. The first-order valence-corrected chi connectivity index (χ1v) is 6.39. The molecule has 0 aromatic carbocycles. The van der Waals surface area contributed by atoms with Gasteiger partial charge in [0.2, 0.25) is 0 Å². The highest BCUT2D eigenvalue weighted by atomic mass is 32.2. The largest absolute Gasteiger partial charge is 0.262 e. The summed E-state index contributed by atoms with van der Waals surface area (Å²) >= 11 is 1.55. The van der Waals surface area contributed by atoms with E-state index in [2.05, 4.69) is 16.2 Å². The second-order valence-corrected chi connectivity index (χ2v) is 5.25. The molecule has 2 aromatic heterocycles. The Morgan fingerprint density at radius 1 is 1.22 bits per heavy atom. The minimum absolute atomic E-state index is 0.643. The van der Waals surface area contributed by atoms with Crippen LogP contribution in [-0.2, 0) is 7.05 Å². The molecule has 0 N–H and O–H groups in total. The van der Waals surface area contributed by atoms with E-state index in [4.69, 9.17) is 0 Å². The van der Waals surface area contributed by atoms with Gasteiger partial charge in [0.05, 0.1) is 22.0 Å². The summed E-state index contributed by atoms with van der Waals surface area (Å²) in [5.74, 6) is 0. The Morgan fingerprint density at radius 3 is 2.50 bits per heavy atom. The second-order valence-electron chi connectivity index (χ2n) is 4.18. The summed E-state index contributed by atoms with van der Waals surface area (Å²) in [6.45, 7) is 5.76. The summed E-state index contributed by atoms with van der Waals surface area (Å²) in [6.07, 6.45) is 0. The molecule has 18 heavy (non-hydrogen) atoms. The van der Waals surface area contributed by atoms with E-state index in [1.807, 2.05) is 44.6 Å². The van der Waals surface area contributed by atoms with E-state index in [0.717, 1.165) is 27.0 Å². The molecule has 5 heteroatoms. The van der Waals surface area contributed by atoms with Crippen LogP contribution in [0, 0.1) is 32.1 Å². The molecule has 0 saturated carbocycles. The lowest BCUT2D eigenvalue weighted by Gasteiger charge is -2.07. The molecule has 0 aliphatic rings. The van der Waals surface area contributed by atoms with Gasteiger partial charge in [-0.1, -0.05) is 11.8 Å². The van der Waals surface area contributed by atoms with Gasteiger partial charge in [-0.05, 0) is 32.9 Å².